The zero-order valence-corrected chi connectivity index (χ0v) is 27.6. The summed E-state index contributed by atoms with van der Waals surface area (Å²) in [6, 6.07) is 4.80. The van der Waals surface area contributed by atoms with Gasteiger partial charge in [-0.3, -0.25) is 4.79 Å². The third kappa shape index (κ3) is 12.8. The molecule has 264 valence electrons. The highest BCUT2D eigenvalue weighted by molar-refractivity contribution is 5.69. The standard InChI is InChI=1S/C36H51F3O8/c1-25(2)45-33(41)15-6-4-3-5-14-29-30(32(23-31(29)40)47-35-17-8-10-21-43-35)19-18-28(46-34-16-7-9-20-42-34)24-44-27-13-11-12-26(22-27)36(37,38)39/h3,5,11-13,18-19,22,25,28-32,34-35,40H,4,6-10,14-17,20-21,23-24H2,1-2H3. The van der Waals surface area contributed by atoms with Gasteiger partial charge in [-0.1, -0.05) is 30.4 Å². The minimum atomic E-state index is -4.48. The second-order valence-corrected chi connectivity index (χ2v) is 12.8. The van der Waals surface area contributed by atoms with E-state index in [0.717, 1.165) is 50.7 Å². The quantitative estimate of drug-likeness (QED) is 0.110. The number of allylic oxidation sites excluding steroid dienone is 2. The largest absolute Gasteiger partial charge is 0.491 e. The summed E-state index contributed by atoms with van der Waals surface area (Å²) >= 11 is 0. The maximum atomic E-state index is 13.3. The minimum absolute atomic E-state index is 0.0198. The maximum absolute atomic E-state index is 13.3. The summed E-state index contributed by atoms with van der Waals surface area (Å²) in [7, 11) is 0. The van der Waals surface area contributed by atoms with Crippen LogP contribution in [0.5, 0.6) is 5.75 Å². The fourth-order valence-corrected chi connectivity index (χ4v) is 6.25. The Morgan fingerprint density at radius 1 is 1.06 bits per heavy atom. The van der Waals surface area contributed by atoms with E-state index >= 15 is 0 Å². The molecule has 8 nitrogen and oxygen atoms in total. The van der Waals surface area contributed by atoms with E-state index in [2.05, 4.69) is 0 Å². The van der Waals surface area contributed by atoms with E-state index in [1.807, 2.05) is 38.2 Å². The fraction of sp³-hybridized carbons (Fsp3) is 0.694. The number of ether oxygens (including phenoxy) is 6. The number of carbonyl (C=O) groups excluding carboxylic acids is 1. The van der Waals surface area contributed by atoms with Crippen LogP contribution >= 0.6 is 0 Å². The van der Waals surface area contributed by atoms with Crippen LogP contribution in [-0.2, 0) is 34.7 Å². The van der Waals surface area contributed by atoms with Crippen molar-refractivity contribution in [2.45, 2.75) is 128 Å². The van der Waals surface area contributed by atoms with Crippen LogP contribution in [0.3, 0.4) is 0 Å². The Morgan fingerprint density at radius 3 is 2.49 bits per heavy atom. The van der Waals surface area contributed by atoms with Gasteiger partial charge in [0.15, 0.2) is 12.6 Å². The summed E-state index contributed by atoms with van der Waals surface area (Å²) < 4.78 is 75.2. The van der Waals surface area contributed by atoms with Crippen molar-refractivity contribution in [1.29, 1.82) is 0 Å². The molecule has 0 aromatic heterocycles. The summed E-state index contributed by atoms with van der Waals surface area (Å²) in [5.74, 6) is -0.424. The first kappa shape index (κ1) is 37.4. The number of carbonyl (C=O) groups is 1. The van der Waals surface area contributed by atoms with Crippen molar-refractivity contribution in [3.63, 3.8) is 0 Å². The summed E-state index contributed by atoms with van der Waals surface area (Å²) in [5, 5.41) is 11.2. The third-order valence-electron chi connectivity index (χ3n) is 8.64. The molecule has 11 heteroatoms. The number of alkyl halides is 3. The number of unbranched alkanes of at least 4 members (excludes halogenated alkanes) is 1. The zero-order valence-electron chi connectivity index (χ0n) is 27.6. The molecule has 2 saturated heterocycles. The smallest absolute Gasteiger partial charge is 0.416 e. The average molecular weight is 669 g/mol. The van der Waals surface area contributed by atoms with Gasteiger partial charge in [0, 0.05) is 32.0 Å². The monoisotopic (exact) mass is 668 g/mol. The van der Waals surface area contributed by atoms with Crippen LogP contribution in [0.1, 0.15) is 90.0 Å². The number of esters is 1. The number of hydrogen-bond acceptors (Lipinski definition) is 8. The van der Waals surface area contributed by atoms with Crippen molar-refractivity contribution in [3.8, 4) is 5.75 Å². The van der Waals surface area contributed by atoms with Gasteiger partial charge in [-0.2, -0.15) is 13.2 Å². The van der Waals surface area contributed by atoms with Crippen LogP contribution in [0.4, 0.5) is 13.2 Å². The fourth-order valence-electron chi connectivity index (χ4n) is 6.25. The lowest BCUT2D eigenvalue weighted by Crippen LogP contribution is -2.32. The first-order valence-electron chi connectivity index (χ1n) is 17.1. The molecule has 1 aromatic carbocycles. The molecule has 0 radical (unpaired) electrons. The van der Waals surface area contributed by atoms with Gasteiger partial charge < -0.3 is 33.5 Å². The zero-order chi connectivity index (χ0) is 33.6. The molecule has 1 saturated carbocycles. The molecule has 7 unspecified atom stereocenters. The van der Waals surface area contributed by atoms with Gasteiger partial charge in [-0.25, -0.2) is 0 Å². The highest BCUT2D eigenvalue weighted by Gasteiger charge is 2.42. The van der Waals surface area contributed by atoms with E-state index in [1.54, 1.807) is 0 Å². The Hall–Kier alpha value is -2.44. The first-order valence-corrected chi connectivity index (χ1v) is 17.1. The van der Waals surface area contributed by atoms with Crippen LogP contribution in [0.2, 0.25) is 0 Å². The Bertz CT molecular complexity index is 1130. The average Bonchev–Trinajstić information content (AvgIpc) is 3.33. The molecule has 3 aliphatic rings. The minimum Gasteiger partial charge on any atom is -0.491 e. The van der Waals surface area contributed by atoms with Crippen molar-refractivity contribution in [1.82, 2.24) is 0 Å². The van der Waals surface area contributed by atoms with Crippen LogP contribution in [-0.4, -0.2) is 67.9 Å². The molecule has 1 aliphatic carbocycles. The molecule has 0 bridgehead atoms. The second-order valence-electron chi connectivity index (χ2n) is 12.8. The molecule has 2 heterocycles. The number of aliphatic hydroxyl groups is 1. The second kappa shape index (κ2) is 18.9. The molecule has 3 fully saturated rings. The van der Waals surface area contributed by atoms with E-state index in [1.165, 1.54) is 12.1 Å². The molecule has 4 rings (SSSR count). The van der Waals surface area contributed by atoms with Crippen molar-refractivity contribution >= 4 is 5.97 Å². The molecular weight excluding hydrogens is 617 g/mol. The molecule has 7 atom stereocenters. The number of rotatable bonds is 16. The number of halogens is 3. The van der Waals surface area contributed by atoms with Crippen LogP contribution in [0.15, 0.2) is 48.6 Å². The van der Waals surface area contributed by atoms with Gasteiger partial charge in [-0.15, -0.1) is 0 Å². The highest BCUT2D eigenvalue weighted by atomic mass is 19.4. The van der Waals surface area contributed by atoms with Gasteiger partial charge in [0.2, 0.25) is 0 Å². The Morgan fingerprint density at radius 2 is 1.81 bits per heavy atom. The molecular formula is C36H51F3O8. The highest BCUT2D eigenvalue weighted by Crippen LogP contribution is 2.40. The SMILES string of the molecule is CC(C)OC(=O)CCCC=CCC1C(O)CC(OC2CCCCO2)C1C=CC(COc1cccc(C(F)(F)F)c1)OC1CCCCO1. The Kier molecular flexibility index (Phi) is 15.1. The van der Waals surface area contributed by atoms with Gasteiger partial charge >= 0.3 is 12.1 Å². The van der Waals surface area contributed by atoms with E-state index in [9.17, 15) is 23.1 Å². The molecule has 2 aliphatic heterocycles. The normalized spacial score (nSPS) is 27.9. The van der Waals surface area contributed by atoms with Crippen molar-refractivity contribution < 1.29 is 51.5 Å². The van der Waals surface area contributed by atoms with Crippen molar-refractivity contribution in [2.24, 2.45) is 11.8 Å². The number of aliphatic hydroxyl groups excluding tert-OH is 1. The molecule has 1 N–H and O–H groups in total. The van der Waals surface area contributed by atoms with Crippen LogP contribution in [0, 0.1) is 11.8 Å². The van der Waals surface area contributed by atoms with Gasteiger partial charge in [0.25, 0.3) is 0 Å². The van der Waals surface area contributed by atoms with E-state index in [4.69, 9.17) is 28.4 Å². The summed E-state index contributed by atoms with van der Waals surface area (Å²) in [6.07, 6.45) is 9.26. The van der Waals surface area contributed by atoms with Gasteiger partial charge in [-0.05, 0) is 95.8 Å². The summed E-state index contributed by atoms with van der Waals surface area (Å²) in [4.78, 5) is 11.8. The number of hydrogen-bond donors (Lipinski definition) is 1. The summed E-state index contributed by atoms with van der Waals surface area (Å²) in [5.41, 5.74) is -0.783. The van der Waals surface area contributed by atoms with Gasteiger partial charge in [0.1, 0.15) is 18.5 Å². The third-order valence-corrected chi connectivity index (χ3v) is 8.64. The van der Waals surface area contributed by atoms with E-state index in [0.29, 0.717) is 45.3 Å². The predicted octanol–water partition coefficient (Wildman–Crippen LogP) is 7.53. The molecule has 0 spiro atoms. The lowest BCUT2D eigenvalue weighted by atomic mass is 9.89. The van der Waals surface area contributed by atoms with Gasteiger partial charge in [0.05, 0.1) is 23.9 Å². The lowest BCUT2D eigenvalue weighted by molar-refractivity contribution is -0.193. The van der Waals surface area contributed by atoms with Crippen molar-refractivity contribution in [2.75, 3.05) is 19.8 Å². The molecule has 0 amide bonds. The first-order chi connectivity index (χ1) is 22.6. The van der Waals surface area contributed by atoms with Crippen LogP contribution < -0.4 is 4.74 Å². The maximum Gasteiger partial charge on any atom is 0.416 e. The Balaban J connectivity index is 1.45. The topological polar surface area (TPSA) is 92.7 Å². The molecule has 47 heavy (non-hydrogen) atoms. The number of benzene rings is 1. The Labute approximate surface area is 276 Å². The predicted molar refractivity (Wildman–Crippen MR) is 169 cm³/mol. The molecule has 1 aromatic rings. The van der Waals surface area contributed by atoms with E-state index < -0.39 is 30.2 Å². The summed E-state index contributed by atoms with van der Waals surface area (Å²) in [6.45, 7) is 4.85. The van der Waals surface area contributed by atoms with Crippen molar-refractivity contribution in [3.05, 3.63) is 54.1 Å². The lowest BCUT2D eigenvalue weighted by Gasteiger charge is -2.30. The van der Waals surface area contributed by atoms with E-state index in [-0.39, 0.29) is 48.7 Å². The van der Waals surface area contributed by atoms with Crippen LogP contribution in [0.25, 0.3) is 0 Å².